The van der Waals surface area contributed by atoms with Crippen molar-refractivity contribution in [2.45, 2.75) is 37.5 Å². The molecule has 0 aromatic heterocycles. The summed E-state index contributed by atoms with van der Waals surface area (Å²) >= 11 is 0. The summed E-state index contributed by atoms with van der Waals surface area (Å²) in [5.74, 6) is 0. The second kappa shape index (κ2) is 5.98. The average molecular weight is 249 g/mol. The first-order valence-electron chi connectivity index (χ1n) is 5.93. The van der Waals surface area contributed by atoms with Gasteiger partial charge in [-0.1, -0.05) is 6.42 Å². The number of nitrogens with zero attached hydrogens (tertiary/aromatic N) is 1. The van der Waals surface area contributed by atoms with E-state index in [1.165, 1.54) is 6.26 Å². The molecule has 0 radical (unpaired) electrons. The third-order valence-electron chi connectivity index (χ3n) is 3.33. The summed E-state index contributed by atoms with van der Waals surface area (Å²) in [7, 11) is -0.917. The Morgan fingerprint density at radius 1 is 1.38 bits per heavy atom. The van der Waals surface area contributed by atoms with Gasteiger partial charge in [0.15, 0.2) is 9.84 Å². The molecule has 1 fully saturated rings. The molecule has 96 valence electrons. The minimum Gasteiger partial charge on any atom is -0.380 e. The highest BCUT2D eigenvalue weighted by atomic mass is 32.2. The van der Waals surface area contributed by atoms with Gasteiger partial charge in [0.2, 0.25) is 0 Å². The molecule has 0 heterocycles. The Hall–Kier alpha value is -0.130. The molecule has 0 aromatic rings. The van der Waals surface area contributed by atoms with Gasteiger partial charge in [-0.25, -0.2) is 8.42 Å². The SMILES string of the molecule is CCOCCN(C)[C@@H]1CCC[C@H]1S(C)(=O)=O. The third-order valence-corrected chi connectivity index (χ3v) is 4.98. The smallest absolute Gasteiger partial charge is 0.151 e. The minimum atomic E-state index is -2.91. The zero-order valence-electron chi connectivity index (χ0n) is 10.5. The van der Waals surface area contributed by atoms with E-state index < -0.39 is 9.84 Å². The fraction of sp³-hybridized carbons (Fsp3) is 1.00. The molecule has 1 aliphatic rings. The minimum absolute atomic E-state index is 0.176. The quantitative estimate of drug-likeness (QED) is 0.657. The second-order valence-electron chi connectivity index (χ2n) is 4.54. The predicted octanol–water partition coefficient (Wildman–Crippen LogP) is 0.920. The number of hydrogen-bond donors (Lipinski definition) is 0. The van der Waals surface area contributed by atoms with Crippen molar-refractivity contribution in [3.8, 4) is 0 Å². The van der Waals surface area contributed by atoms with Crippen molar-refractivity contribution >= 4 is 9.84 Å². The van der Waals surface area contributed by atoms with Crippen LogP contribution in [-0.2, 0) is 14.6 Å². The van der Waals surface area contributed by atoms with Crippen LogP contribution >= 0.6 is 0 Å². The maximum Gasteiger partial charge on any atom is 0.151 e. The monoisotopic (exact) mass is 249 g/mol. The lowest BCUT2D eigenvalue weighted by atomic mass is 10.2. The van der Waals surface area contributed by atoms with Crippen LogP contribution in [0.25, 0.3) is 0 Å². The fourth-order valence-corrected chi connectivity index (χ4v) is 3.94. The van der Waals surface area contributed by atoms with Crippen LogP contribution in [-0.4, -0.2) is 57.7 Å². The summed E-state index contributed by atoms with van der Waals surface area (Å²) in [6.45, 7) is 4.17. The highest BCUT2D eigenvalue weighted by molar-refractivity contribution is 7.91. The van der Waals surface area contributed by atoms with E-state index in [0.29, 0.717) is 13.2 Å². The van der Waals surface area contributed by atoms with Gasteiger partial charge in [-0.15, -0.1) is 0 Å². The molecule has 2 atom stereocenters. The number of hydrogen-bond acceptors (Lipinski definition) is 4. The van der Waals surface area contributed by atoms with Crippen molar-refractivity contribution in [1.82, 2.24) is 4.90 Å². The summed E-state index contributed by atoms with van der Waals surface area (Å²) < 4.78 is 28.5. The topological polar surface area (TPSA) is 46.6 Å². The van der Waals surface area contributed by atoms with Crippen LogP contribution in [0.1, 0.15) is 26.2 Å². The van der Waals surface area contributed by atoms with Crippen LogP contribution in [0.2, 0.25) is 0 Å². The van der Waals surface area contributed by atoms with Crippen molar-refractivity contribution in [3.63, 3.8) is 0 Å². The standard InChI is InChI=1S/C11H23NO3S/c1-4-15-9-8-12(2)10-6-5-7-11(10)16(3,13)14/h10-11H,4-9H2,1-3H3/t10-,11-/m1/s1. The Balaban J connectivity index is 2.51. The number of ether oxygens (including phenoxy) is 1. The maximum absolute atomic E-state index is 11.6. The van der Waals surface area contributed by atoms with Crippen LogP contribution in [0.4, 0.5) is 0 Å². The summed E-state index contributed by atoms with van der Waals surface area (Å²) in [5.41, 5.74) is 0. The molecule has 1 saturated carbocycles. The third kappa shape index (κ3) is 3.71. The molecule has 16 heavy (non-hydrogen) atoms. The van der Waals surface area contributed by atoms with Gasteiger partial charge in [0, 0.05) is 25.4 Å². The summed E-state index contributed by atoms with van der Waals surface area (Å²) in [6.07, 6.45) is 4.16. The number of rotatable bonds is 6. The van der Waals surface area contributed by atoms with Gasteiger partial charge in [0.25, 0.3) is 0 Å². The van der Waals surface area contributed by atoms with Crippen molar-refractivity contribution in [2.24, 2.45) is 0 Å². The molecular formula is C11H23NO3S. The van der Waals surface area contributed by atoms with Gasteiger partial charge in [0.1, 0.15) is 0 Å². The molecule has 5 heteroatoms. The van der Waals surface area contributed by atoms with E-state index >= 15 is 0 Å². The van der Waals surface area contributed by atoms with E-state index in [9.17, 15) is 8.42 Å². The highest BCUT2D eigenvalue weighted by Crippen LogP contribution is 2.28. The van der Waals surface area contributed by atoms with E-state index in [0.717, 1.165) is 25.8 Å². The van der Waals surface area contributed by atoms with Gasteiger partial charge >= 0.3 is 0 Å². The first-order valence-corrected chi connectivity index (χ1v) is 7.89. The first kappa shape index (κ1) is 13.9. The Kier molecular flexibility index (Phi) is 5.21. The molecular weight excluding hydrogens is 226 g/mol. The molecule has 0 saturated heterocycles. The molecule has 0 unspecified atom stereocenters. The van der Waals surface area contributed by atoms with E-state index in [-0.39, 0.29) is 11.3 Å². The van der Waals surface area contributed by atoms with Gasteiger partial charge in [-0.3, -0.25) is 4.90 Å². The van der Waals surface area contributed by atoms with Crippen molar-refractivity contribution in [3.05, 3.63) is 0 Å². The largest absolute Gasteiger partial charge is 0.380 e. The predicted molar refractivity (Wildman–Crippen MR) is 65.4 cm³/mol. The van der Waals surface area contributed by atoms with Gasteiger partial charge < -0.3 is 4.74 Å². The highest BCUT2D eigenvalue weighted by Gasteiger charge is 2.36. The van der Waals surface area contributed by atoms with Crippen LogP contribution in [0.5, 0.6) is 0 Å². The summed E-state index contributed by atoms with van der Waals surface area (Å²) in [5, 5.41) is -0.181. The Morgan fingerprint density at radius 3 is 2.62 bits per heavy atom. The zero-order valence-corrected chi connectivity index (χ0v) is 11.3. The van der Waals surface area contributed by atoms with Crippen LogP contribution in [0.3, 0.4) is 0 Å². The van der Waals surface area contributed by atoms with E-state index in [1.807, 2.05) is 14.0 Å². The van der Waals surface area contributed by atoms with Crippen LogP contribution < -0.4 is 0 Å². The summed E-state index contributed by atoms with van der Waals surface area (Å²) in [6, 6.07) is 0.176. The lowest BCUT2D eigenvalue weighted by molar-refractivity contribution is 0.108. The van der Waals surface area contributed by atoms with Crippen molar-refractivity contribution < 1.29 is 13.2 Å². The van der Waals surface area contributed by atoms with Crippen LogP contribution in [0.15, 0.2) is 0 Å². The van der Waals surface area contributed by atoms with Gasteiger partial charge in [-0.05, 0) is 26.8 Å². The molecule has 0 amide bonds. The molecule has 0 bridgehead atoms. The van der Waals surface area contributed by atoms with Crippen LogP contribution in [0, 0.1) is 0 Å². The Morgan fingerprint density at radius 2 is 2.06 bits per heavy atom. The average Bonchev–Trinajstić information content (AvgIpc) is 2.65. The number of likely N-dealkylation sites (N-methyl/N-ethyl adjacent to an activating group) is 1. The first-order chi connectivity index (χ1) is 7.46. The molecule has 0 aliphatic heterocycles. The van der Waals surface area contributed by atoms with E-state index in [4.69, 9.17) is 4.74 Å². The normalized spacial score (nSPS) is 26.5. The zero-order chi connectivity index (χ0) is 12.2. The van der Waals surface area contributed by atoms with Gasteiger partial charge in [-0.2, -0.15) is 0 Å². The Labute approximate surface area is 98.9 Å². The molecule has 0 spiro atoms. The summed E-state index contributed by atoms with van der Waals surface area (Å²) in [4.78, 5) is 2.13. The number of sulfone groups is 1. The molecule has 4 nitrogen and oxygen atoms in total. The van der Waals surface area contributed by atoms with E-state index in [2.05, 4.69) is 4.90 Å². The molecule has 0 N–H and O–H groups in total. The van der Waals surface area contributed by atoms with Gasteiger partial charge in [0.05, 0.1) is 11.9 Å². The molecule has 1 rings (SSSR count). The van der Waals surface area contributed by atoms with Crippen molar-refractivity contribution in [1.29, 1.82) is 0 Å². The molecule has 1 aliphatic carbocycles. The van der Waals surface area contributed by atoms with E-state index in [1.54, 1.807) is 0 Å². The lowest BCUT2D eigenvalue weighted by Crippen LogP contribution is -2.42. The second-order valence-corrected chi connectivity index (χ2v) is 6.81. The fourth-order valence-electron chi connectivity index (χ4n) is 2.43. The van der Waals surface area contributed by atoms with Crippen molar-refractivity contribution in [2.75, 3.05) is 33.1 Å². The Bertz CT molecular complexity index is 302. The molecule has 0 aromatic carbocycles. The lowest BCUT2D eigenvalue weighted by Gasteiger charge is -2.28. The maximum atomic E-state index is 11.6.